The maximum absolute atomic E-state index is 12.0. The van der Waals surface area contributed by atoms with E-state index in [1.165, 1.54) is 0 Å². The first-order valence-electron chi connectivity index (χ1n) is 5.29. The van der Waals surface area contributed by atoms with Gasteiger partial charge in [0.1, 0.15) is 0 Å². The zero-order chi connectivity index (χ0) is 12.6. The van der Waals surface area contributed by atoms with Crippen LogP contribution in [0.5, 0.6) is 0 Å². The summed E-state index contributed by atoms with van der Waals surface area (Å²) in [6, 6.07) is 0. The summed E-state index contributed by atoms with van der Waals surface area (Å²) < 4.78 is 35.9. The molecule has 0 fully saturated rings. The number of halogens is 3. The van der Waals surface area contributed by atoms with Gasteiger partial charge >= 0.3 is 6.18 Å². The molecule has 0 spiro atoms. The zero-order valence-corrected chi connectivity index (χ0v) is 10.1. The molecule has 0 aliphatic heterocycles. The number of rotatable bonds is 6. The smallest absolute Gasteiger partial charge is 0.298 e. The van der Waals surface area contributed by atoms with Crippen molar-refractivity contribution in [2.45, 2.75) is 51.6 Å². The molecule has 0 aromatic carbocycles. The highest BCUT2D eigenvalue weighted by molar-refractivity contribution is 8.26. The Morgan fingerprint density at radius 1 is 1.06 bits per heavy atom. The maximum Gasteiger partial charge on any atom is 0.439 e. The first-order chi connectivity index (χ1) is 7.38. The van der Waals surface area contributed by atoms with E-state index in [0.717, 1.165) is 32.1 Å². The molecule has 0 saturated heterocycles. The van der Waals surface area contributed by atoms with Gasteiger partial charge in [0.05, 0.1) is 5.04 Å². The average Bonchev–Trinajstić information content (AvgIpc) is 2.16. The van der Waals surface area contributed by atoms with Gasteiger partial charge in [0, 0.05) is 0 Å². The molecule has 0 heterocycles. The summed E-state index contributed by atoms with van der Waals surface area (Å²) in [4.78, 5) is 0. The van der Waals surface area contributed by atoms with Gasteiger partial charge in [0.25, 0.3) is 0 Å². The first kappa shape index (κ1) is 15.5. The number of hydrogen-bond donors (Lipinski definition) is 2. The Hall–Kier alpha value is -0.520. The van der Waals surface area contributed by atoms with E-state index in [2.05, 4.69) is 6.92 Å². The first-order valence-corrected chi connectivity index (χ1v) is 6.10. The molecule has 0 rings (SSSR count). The van der Waals surface area contributed by atoms with Crippen LogP contribution in [-0.2, 0) is 0 Å². The Kier molecular flexibility index (Phi) is 7.45. The number of alkyl halides is 3. The molecule has 0 aromatic rings. The van der Waals surface area contributed by atoms with Gasteiger partial charge in [-0.3, -0.25) is 10.8 Å². The lowest BCUT2D eigenvalue weighted by Crippen LogP contribution is -2.19. The number of unbranched alkanes of at least 4 members (excludes halogenated alkanes) is 4. The summed E-state index contributed by atoms with van der Waals surface area (Å²) in [5.41, 5.74) is 0. The number of nitrogens with one attached hydrogen (secondary N) is 2. The minimum atomic E-state index is -4.61. The Labute approximate surface area is 98.0 Å². The summed E-state index contributed by atoms with van der Waals surface area (Å²) >= 11 is 0.212. The van der Waals surface area contributed by atoms with E-state index in [9.17, 15) is 13.2 Å². The van der Waals surface area contributed by atoms with Gasteiger partial charge in [-0.1, -0.05) is 44.4 Å². The van der Waals surface area contributed by atoms with E-state index < -0.39 is 11.2 Å². The van der Waals surface area contributed by atoms with Gasteiger partial charge in [-0.2, -0.15) is 13.2 Å². The quantitative estimate of drug-likeness (QED) is 0.406. The van der Waals surface area contributed by atoms with Crippen molar-refractivity contribution in [3.63, 3.8) is 0 Å². The zero-order valence-electron chi connectivity index (χ0n) is 9.28. The molecular formula is C10H17F3N2S. The molecule has 2 N–H and O–H groups in total. The monoisotopic (exact) mass is 254 g/mol. The van der Waals surface area contributed by atoms with Crippen LogP contribution in [0, 0.1) is 10.8 Å². The third-order valence-corrected chi connectivity index (χ3v) is 2.88. The SMILES string of the molecule is CCCCCCCC(=N)SC(=N)C(F)(F)F. The van der Waals surface area contributed by atoms with Crippen molar-refractivity contribution in [3.05, 3.63) is 0 Å². The number of hydrogen-bond acceptors (Lipinski definition) is 3. The fourth-order valence-corrected chi connectivity index (χ4v) is 1.73. The van der Waals surface area contributed by atoms with Gasteiger partial charge < -0.3 is 0 Å². The highest BCUT2D eigenvalue weighted by atomic mass is 32.2. The van der Waals surface area contributed by atoms with Crippen LogP contribution in [0.2, 0.25) is 0 Å². The predicted molar refractivity (Wildman–Crippen MR) is 62.5 cm³/mol. The molecule has 2 nitrogen and oxygen atoms in total. The molecule has 0 unspecified atom stereocenters. The largest absolute Gasteiger partial charge is 0.439 e. The predicted octanol–water partition coefficient (Wildman–Crippen LogP) is 4.60. The van der Waals surface area contributed by atoms with E-state index in [1.807, 2.05) is 0 Å². The van der Waals surface area contributed by atoms with Gasteiger partial charge in [-0.05, 0) is 12.8 Å². The molecule has 0 amide bonds. The summed E-state index contributed by atoms with van der Waals surface area (Å²) in [6.07, 6.45) is 0.702. The Balaban J connectivity index is 3.63. The van der Waals surface area contributed by atoms with E-state index in [0.29, 0.717) is 6.42 Å². The van der Waals surface area contributed by atoms with Crippen LogP contribution < -0.4 is 0 Å². The summed E-state index contributed by atoms with van der Waals surface area (Å²) in [5.74, 6) is 0. The van der Waals surface area contributed by atoms with Crippen molar-refractivity contribution >= 4 is 21.8 Å². The van der Waals surface area contributed by atoms with Crippen LogP contribution in [0.4, 0.5) is 13.2 Å². The minimum Gasteiger partial charge on any atom is -0.298 e. The standard InChI is InChI=1S/C10H17F3N2S/c1-2-3-4-5-6-7-8(14)16-9(15)10(11,12)13/h14-15H,2-7H2,1H3. The lowest BCUT2D eigenvalue weighted by Gasteiger charge is -2.08. The molecule has 16 heavy (non-hydrogen) atoms. The maximum atomic E-state index is 12.0. The molecule has 0 atom stereocenters. The third kappa shape index (κ3) is 7.73. The second-order valence-electron chi connectivity index (χ2n) is 3.52. The van der Waals surface area contributed by atoms with Gasteiger partial charge in [-0.15, -0.1) is 0 Å². The minimum absolute atomic E-state index is 0.0705. The highest BCUT2D eigenvalue weighted by Crippen LogP contribution is 2.25. The molecule has 0 bridgehead atoms. The van der Waals surface area contributed by atoms with Crippen molar-refractivity contribution in [1.82, 2.24) is 0 Å². The molecule has 0 aliphatic carbocycles. The number of thioether (sulfide) groups is 1. The Morgan fingerprint density at radius 3 is 2.12 bits per heavy atom. The van der Waals surface area contributed by atoms with Crippen molar-refractivity contribution in [3.8, 4) is 0 Å². The van der Waals surface area contributed by atoms with Gasteiger partial charge in [-0.25, -0.2) is 0 Å². The van der Waals surface area contributed by atoms with Crippen molar-refractivity contribution in [1.29, 1.82) is 10.8 Å². The Morgan fingerprint density at radius 2 is 1.62 bits per heavy atom. The summed E-state index contributed by atoms with van der Waals surface area (Å²) in [6.45, 7) is 2.09. The molecule has 0 aliphatic rings. The fourth-order valence-electron chi connectivity index (χ4n) is 1.12. The fraction of sp³-hybridized carbons (Fsp3) is 0.800. The second-order valence-corrected chi connectivity index (χ2v) is 4.62. The van der Waals surface area contributed by atoms with Crippen LogP contribution >= 0.6 is 11.8 Å². The Bertz CT molecular complexity index is 239. The summed E-state index contributed by atoms with van der Waals surface area (Å²) in [5, 5.41) is 12.5. The van der Waals surface area contributed by atoms with Gasteiger partial charge in [0.2, 0.25) is 0 Å². The van der Waals surface area contributed by atoms with Crippen molar-refractivity contribution in [2.75, 3.05) is 0 Å². The molecule has 0 radical (unpaired) electrons. The topological polar surface area (TPSA) is 47.7 Å². The third-order valence-electron chi connectivity index (χ3n) is 1.99. The lowest BCUT2D eigenvalue weighted by atomic mass is 10.1. The van der Waals surface area contributed by atoms with Crippen molar-refractivity contribution in [2.24, 2.45) is 0 Å². The van der Waals surface area contributed by atoms with E-state index in [-0.39, 0.29) is 16.8 Å². The molecular weight excluding hydrogens is 237 g/mol. The highest BCUT2D eigenvalue weighted by Gasteiger charge is 2.35. The van der Waals surface area contributed by atoms with Crippen molar-refractivity contribution < 1.29 is 13.2 Å². The molecule has 94 valence electrons. The van der Waals surface area contributed by atoms with E-state index in [1.54, 1.807) is 0 Å². The van der Waals surface area contributed by atoms with Crippen LogP contribution in [0.1, 0.15) is 45.4 Å². The lowest BCUT2D eigenvalue weighted by molar-refractivity contribution is -0.0560. The molecule has 0 saturated carbocycles. The van der Waals surface area contributed by atoms with Gasteiger partial charge in [0.15, 0.2) is 5.04 Å². The van der Waals surface area contributed by atoms with Crippen LogP contribution in [0.3, 0.4) is 0 Å². The normalized spacial score (nSPS) is 11.5. The summed E-state index contributed by atoms with van der Waals surface area (Å²) in [7, 11) is 0. The molecule has 6 heteroatoms. The van der Waals surface area contributed by atoms with Crippen LogP contribution in [0.25, 0.3) is 0 Å². The van der Waals surface area contributed by atoms with E-state index in [4.69, 9.17) is 10.8 Å². The average molecular weight is 254 g/mol. The van der Waals surface area contributed by atoms with E-state index >= 15 is 0 Å². The van der Waals surface area contributed by atoms with Crippen LogP contribution in [0.15, 0.2) is 0 Å². The van der Waals surface area contributed by atoms with Crippen LogP contribution in [-0.4, -0.2) is 16.3 Å². The second kappa shape index (κ2) is 7.70. The molecule has 0 aromatic heterocycles.